The van der Waals surface area contributed by atoms with E-state index in [9.17, 15) is 14.9 Å². The van der Waals surface area contributed by atoms with Gasteiger partial charge in [0, 0.05) is 24.2 Å². The van der Waals surface area contributed by atoms with E-state index in [1.807, 2.05) is 4.90 Å². The number of nitrogen functional groups attached to an aromatic ring is 1. The highest BCUT2D eigenvalue weighted by atomic mass is 16.6. The zero-order chi connectivity index (χ0) is 13.6. The highest BCUT2D eigenvalue weighted by Gasteiger charge is 2.40. The van der Waals surface area contributed by atoms with E-state index >= 15 is 0 Å². The number of hydrogen-bond donors (Lipinski definition) is 1. The molecule has 0 spiro atoms. The average Bonchev–Trinajstić information content (AvgIpc) is 2.99. The molecule has 2 bridgehead atoms. The lowest BCUT2D eigenvalue weighted by atomic mass is 10.1. The maximum Gasteiger partial charge on any atom is 0.292 e. The number of nitrogens with two attached hydrogens (primary N) is 1. The Balaban J connectivity index is 1.84. The van der Waals surface area contributed by atoms with E-state index < -0.39 is 4.92 Å². The summed E-state index contributed by atoms with van der Waals surface area (Å²) < 4.78 is 0. The highest BCUT2D eigenvalue weighted by molar-refractivity contribution is 5.96. The number of hydrogen-bond acceptors (Lipinski definition) is 4. The molecule has 6 nitrogen and oxygen atoms in total. The molecule has 3 rings (SSSR count). The fourth-order valence-corrected chi connectivity index (χ4v) is 3.19. The molecular formula is C13H15N3O3. The molecule has 2 fully saturated rings. The summed E-state index contributed by atoms with van der Waals surface area (Å²) >= 11 is 0. The van der Waals surface area contributed by atoms with Crippen LogP contribution in [0.4, 0.5) is 11.4 Å². The summed E-state index contributed by atoms with van der Waals surface area (Å²) in [7, 11) is 0. The fraction of sp³-hybridized carbons (Fsp3) is 0.462. The number of carbonyl (C=O) groups is 1. The van der Waals surface area contributed by atoms with Crippen molar-refractivity contribution in [1.29, 1.82) is 0 Å². The number of fused-ring (bicyclic) bond motifs is 2. The maximum atomic E-state index is 12.4. The van der Waals surface area contributed by atoms with Gasteiger partial charge in [0.2, 0.25) is 0 Å². The number of piperidine rings is 1. The van der Waals surface area contributed by atoms with Crippen molar-refractivity contribution in [1.82, 2.24) is 4.90 Å². The normalized spacial score (nSPS) is 24.7. The van der Waals surface area contributed by atoms with Gasteiger partial charge in [0.15, 0.2) is 0 Å². The Labute approximate surface area is 110 Å². The topological polar surface area (TPSA) is 89.5 Å². The molecule has 100 valence electrons. The molecule has 1 heterocycles. The van der Waals surface area contributed by atoms with E-state index in [0.717, 1.165) is 19.4 Å². The lowest BCUT2D eigenvalue weighted by Crippen LogP contribution is -2.37. The van der Waals surface area contributed by atoms with Crippen molar-refractivity contribution in [3.8, 4) is 0 Å². The Bertz CT molecular complexity index is 558. The van der Waals surface area contributed by atoms with Gasteiger partial charge in [-0.05, 0) is 37.3 Å². The molecule has 1 amide bonds. The molecule has 2 N–H and O–H groups in total. The van der Waals surface area contributed by atoms with Crippen molar-refractivity contribution in [2.24, 2.45) is 5.92 Å². The zero-order valence-electron chi connectivity index (χ0n) is 10.4. The molecule has 1 saturated carbocycles. The minimum absolute atomic E-state index is 0.0419. The number of rotatable bonds is 2. The number of nitro benzene ring substituents is 1. The van der Waals surface area contributed by atoms with Crippen molar-refractivity contribution < 1.29 is 9.72 Å². The van der Waals surface area contributed by atoms with Crippen LogP contribution < -0.4 is 5.73 Å². The first-order chi connectivity index (χ1) is 9.06. The van der Waals surface area contributed by atoms with E-state index in [0.29, 0.717) is 17.5 Å². The van der Waals surface area contributed by atoms with Gasteiger partial charge >= 0.3 is 0 Å². The molecule has 1 aliphatic carbocycles. The monoisotopic (exact) mass is 261 g/mol. The second-order valence-corrected chi connectivity index (χ2v) is 5.32. The SMILES string of the molecule is Nc1cc(C(=O)N2CC3CCC2C3)ccc1[N+](=O)[O-]. The number of nitro groups is 1. The van der Waals surface area contributed by atoms with Gasteiger partial charge in [-0.1, -0.05) is 0 Å². The van der Waals surface area contributed by atoms with Gasteiger partial charge in [0.25, 0.3) is 11.6 Å². The molecule has 1 aromatic carbocycles. The number of anilines is 1. The second-order valence-electron chi connectivity index (χ2n) is 5.32. The quantitative estimate of drug-likeness (QED) is 0.499. The standard InChI is InChI=1S/C13H15N3O3/c14-11-6-9(2-4-12(11)16(18)19)13(17)15-7-8-1-3-10(15)5-8/h2,4,6,8,10H,1,3,5,7,14H2. The molecule has 2 aliphatic rings. The first-order valence-electron chi connectivity index (χ1n) is 6.41. The number of likely N-dealkylation sites (tertiary alicyclic amines) is 1. The number of carbonyl (C=O) groups excluding carboxylic acids is 1. The average molecular weight is 261 g/mol. The Morgan fingerprint density at radius 1 is 1.42 bits per heavy atom. The third kappa shape index (κ3) is 1.93. The van der Waals surface area contributed by atoms with Crippen LogP contribution in [0, 0.1) is 16.0 Å². The van der Waals surface area contributed by atoms with Crippen LogP contribution in [0.25, 0.3) is 0 Å². The molecule has 2 atom stereocenters. The molecule has 0 radical (unpaired) electrons. The molecule has 1 aliphatic heterocycles. The van der Waals surface area contributed by atoms with E-state index in [1.54, 1.807) is 0 Å². The van der Waals surface area contributed by atoms with Crippen LogP contribution in [-0.2, 0) is 0 Å². The van der Waals surface area contributed by atoms with Crippen molar-refractivity contribution in [2.45, 2.75) is 25.3 Å². The summed E-state index contributed by atoms with van der Waals surface area (Å²) in [6.45, 7) is 0.806. The highest BCUT2D eigenvalue weighted by Crippen LogP contribution is 2.38. The van der Waals surface area contributed by atoms with Crippen LogP contribution in [0.2, 0.25) is 0 Å². The lowest BCUT2D eigenvalue weighted by molar-refractivity contribution is -0.383. The van der Waals surface area contributed by atoms with E-state index in [-0.39, 0.29) is 17.3 Å². The van der Waals surface area contributed by atoms with Gasteiger partial charge in [0.1, 0.15) is 5.69 Å². The predicted octanol–water partition coefficient (Wildman–Crippen LogP) is 1.80. The second kappa shape index (κ2) is 4.22. The summed E-state index contributed by atoms with van der Waals surface area (Å²) in [6.07, 6.45) is 3.37. The fourth-order valence-electron chi connectivity index (χ4n) is 3.19. The first-order valence-corrected chi connectivity index (χ1v) is 6.41. The van der Waals surface area contributed by atoms with Crippen LogP contribution in [0.1, 0.15) is 29.6 Å². The molecule has 2 unspecified atom stereocenters. The van der Waals surface area contributed by atoms with Crippen LogP contribution >= 0.6 is 0 Å². The third-order valence-electron chi connectivity index (χ3n) is 4.14. The number of amides is 1. The van der Waals surface area contributed by atoms with Gasteiger partial charge in [-0.15, -0.1) is 0 Å². The maximum absolute atomic E-state index is 12.4. The summed E-state index contributed by atoms with van der Waals surface area (Å²) in [5, 5.41) is 10.7. The molecule has 1 aromatic rings. The van der Waals surface area contributed by atoms with Crippen LogP contribution in [0.15, 0.2) is 18.2 Å². The van der Waals surface area contributed by atoms with Crippen LogP contribution in [0.5, 0.6) is 0 Å². The third-order valence-corrected chi connectivity index (χ3v) is 4.14. The zero-order valence-corrected chi connectivity index (χ0v) is 10.4. The van der Waals surface area contributed by atoms with Crippen LogP contribution in [-0.4, -0.2) is 28.3 Å². The summed E-state index contributed by atoms with van der Waals surface area (Å²) in [5.74, 6) is 0.568. The lowest BCUT2D eigenvalue weighted by Gasteiger charge is -2.27. The van der Waals surface area contributed by atoms with E-state index in [4.69, 9.17) is 5.73 Å². The molecule has 1 saturated heterocycles. The first kappa shape index (κ1) is 12.0. The number of benzene rings is 1. The minimum Gasteiger partial charge on any atom is -0.393 e. The van der Waals surface area contributed by atoms with Crippen molar-refractivity contribution in [2.75, 3.05) is 12.3 Å². The number of nitrogens with zero attached hydrogens (tertiary/aromatic N) is 2. The Morgan fingerprint density at radius 2 is 2.21 bits per heavy atom. The minimum atomic E-state index is -0.540. The Kier molecular flexibility index (Phi) is 2.66. The molecule has 6 heteroatoms. The molecule has 0 aromatic heterocycles. The van der Waals surface area contributed by atoms with Crippen molar-refractivity contribution in [3.05, 3.63) is 33.9 Å². The predicted molar refractivity (Wildman–Crippen MR) is 69.7 cm³/mol. The van der Waals surface area contributed by atoms with Gasteiger partial charge in [-0.2, -0.15) is 0 Å². The van der Waals surface area contributed by atoms with Crippen molar-refractivity contribution >= 4 is 17.3 Å². The Morgan fingerprint density at radius 3 is 2.74 bits per heavy atom. The van der Waals surface area contributed by atoms with Gasteiger partial charge in [-0.3, -0.25) is 14.9 Å². The summed E-state index contributed by atoms with van der Waals surface area (Å²) in [6, 6.07) is 4.54. The molecular weight excluding hydrogens is 246 g/mol. The van der Waals surface area contributed by atoms with Crippen LogP contribution in [0.3, 0.4) is 0 Å². The molecule has 19 heavy (non-hydrogen) atoms. The summed E-state index contributed by atoms with van der Waals surface area (Å²) in [5.41, 5.74) is 5.95. The van der Waals surface area contributed by atoms with Gasteiger partial charge in [0.05, 0.1) is 4.92 Å². The van der Waals surface area contributed by atoms with E-state index in [1.165, 1.54) is 24.6 Å². The van der Waals surface area contributed by atoms with E-state index in [2.05, 4.69) is 0 Å². The Hall–Kier alpha value is -2.11. The van der Waals surface area contributed by atoms with Crippen molar-refractivity contribution in [3.63, 3.8) is 0 Å². The van der Waals surface area contributed by atoms with Gasteiger partial charge < -0.3 is 10.6 Å². The smallest absolute Gasteiger partial charge is 0.292 e. The summed E-state index contributed by atoms with van der Waals surface area (Å²) in [4.78, 5) is 24.4. The largest absolute Gasteiger partial charge is 0.393 e. The van der Waals surface area contributed by atoms with Gasteiger partial charge in [-0.25, -0.2) is 0 Å².